The summed E-state index contributed by atoms with van der Waals surface area (Å²) < 4.78 is 0. The van der Waals surface area contributed by atoms with Crippen molar-refractivity contribution in [2.75, 3.05) is 0 Å². The molecule has 0 unspecified atom stereocenters. The molecule has 4 aromatic carbocycles. The number of fused-ring (bicyclic) bond motifs is 2. The predicted octanol–water partition coefficient (Wildman–Crippen LogP) is 0.213. The monoisotopic (exact) mass is 534 g/mol. The molecule has 0 aliphatic carbocycles. The summed E-state index contributed by atoms with van der Waals surface area (Å²) in [5.41, 5.74) is 0. The normalized spacial score (nSPS) is 11.0. The molecule has 0 aliphatic rings. The van der Waals surface area contributed by atoms with Gasteiger partial charge >= 0.3 is 26.2 Å². The quantitative estimate of drug-likeness (QED) is 0.254. The standard InChI is InChI=1S/2C12H15Si.2ClH.Zr/c2*1-13(2,3)12-9-8-10-6-4-5-7-11(10)12;;;/h2*4-9H,1-3H3;2*1H;/q2*-1;;;+4/p-2. The van der Waals surface area contributed by atoms with Gasteiger partial charge < -0.3 is 24.8 Å². The minimum atomic E-state index is -1.15. The number of hydrogen-bond acceptors (Lipinski definition) is 0. The molecule has 0 atom stereocenters. The van der Waals surface area contributed by atoms with Gasteiger partial charge in [-0.25, -0.2) is 0 Å². The van der Waals surface area contributed by atoms with E-state index < -0.39 is 16.1 Å². The van der Waals surface area contributed by atoms with Crippen molar-refractivity contribution >= 4 is 48.1 Å². The molecule has 5 heteroatoms. The molecule has 0 aliphatic heterocycles. The van der Waals surface area contributed by atoms with Crippen molar-refractivity contribution in [1.29, 1.82) is 0 Å². The van der Waals surface area contributed by atoms with Crippen LogP contribution in [0.1, 0.15) is 0 Å². The Morgan fingerprint density at radius 1 is 0.552 bits per heavy atom. The van der Waals surface area contributed by atoms with E-state index in [1.54, 1.807) is 10.4 Å². The van der Waals surface area contributed by atoms with Crippen LogP contribution in [0, 0.1) is 0 Å². The second-order valence-electron chi connectivity index (χ2n) is 9.17. The molecule has 4 rings (SSSR count). The van der Waals surface area contributed by atoms with Gasteiger partial charge in [-0.15, -0.1) is 59.3 Å². The van der Waals surface area contributed by atoms with E-state index in [1.165, 1.54) is 21.5 Å². The van der Waals surface area contributed by atoms with E-state index in [-0.39, 0.29) is 51.0 Å². The van der Waals surface area contributed by atoms with Gasteiger partial charge in [0.05, 0.1) is 0 Å². The van der Waals surface area contributed by atoms with Gasteiger partial charge in [-0.2, -0.15) is 33.3 Å². The van der Waals surface area contributed by atoms with E-state index in [0.29, 0.717) is 0 Å². The molecule has 0 amide bonds. The van der Waals surface area contributed by atoms with Gasteiger partial charge in [-0.3, -0.25) is 0 Å². The molecule has 0 aromatic heterocycles. The topological polar surface area (TPSA) is 0 Å². The molecule has 0 spiro atoms. The first-order chi connectivity index (χ1) is 12.2. The maximum Gasteiger partial charge on any atom is 4.00 e. The Morgan fingerprint density at radius 2 is 0.862 bits per heavy atom. The van der Waals surface area contributed by atoms with Crippen LogP contribution in [-0.2, 0) is 26.2 Å². The van der Waals surface area contributed by atoms with Crippen molar-refractivity contribution in [1.82, 2.24) is 0 Å². The van der Waals surface area contributed by atoms with Crippen molar-refractivity contribution in [2.45, 2.75) is 39.3 Å². The molecule has 0 bridgehead atoms. The molecular formula is C24H30Cl2Si2Zr. The van der Waals surface area contributed by atoms with Crippen LogP contribution in [0.5, 0.6) is 0 Å². The van der Waals surface area contributed by atoms with Gasteiger partial charge in [0.2, 0.25) is 0 Å². The van der Waals surface area contributed by atoms with Crippen LogP contribution in [0.25, 0.3) is 21.5 Å². The van der Waals surface area contributed by atoms with Crippen LogP contribution in [-0.4, -0.2) is 16.1 Å². The van der Waals surface area contributed by atoms with Crippen LogP contribution in [0.4, 0.5) is 0 Å². The van der Waals surface area contributed by atoms with E-state index in [9.17, 15) is 0 Å². The van der Waals surface area contributed by atoms with E-state index in [1.807, 2.05) is 0 Å². The second-order valence-corrected chi connectivity index (χ2v) is 19.2. The number of halogens is 2. The Morgan fingerprint density at radius 3 is 1.17 bits per heavy atom. The summed E-state index contributed by atoms with van der Waals surface area (Å²) in [6.45, 7) is 14.4. The van der Waals surface area contributed by atoms with Gasteiger partial charge in [-0.05, 0) is 0 Å². The summed E-state index contributed by atoms with van der Waals surface area (Å²) in [6.07, 6.45) is 0. The number of benzene rings is 2. The minimum absolute atomic E-state index is 0. The summed E-state index contributed by atoms with van der Waals surface area (Å²) in [5, 5.41) is 8.87. The molecule has 0 heterocycles. The maximum atomic E-state index is 2.40. The van der Waals surface area contributed by atoms with Crippen molar-refractivity contribution in [3.63, 3.8) is 0 Å². The molecular weight excluding hydrogens is 507 g/mol. The van der Waals surface area contributed by atoms with Crippen LogP contribution in [0.15, 0.2) is 72.8 Å². The molecule has 4 aromatic rings. The third kappa shape index (κ3) is 6.77. The van der Waals surface area contributed by atoms with Crippen LogP contribution in [0.3, 0.4) is 0 Å². The predicted molar refractivity (Wildman–Crippen MR) is 125 cm³/mol. The molecule has 0 fully saturated rings. The summed E-state index contributed by atoms with van der Waals surface area (Å²) in [7, 11) is -2.29. The van der Waals surface area contributed by atoms with Crippen molar-refractivity contribution in [3.05, 3.63) is 72.8 Å². The Bertz CT molecular complexity index is 936. The van der Waals surface area contributed by atoms with E-state index in [2.05, 4.69) is 112 Å². The molecule has 0 N–H and O–H groups in total. The van der Waals surface area contributed by atoms with Crippen LogP contribution in [0.2, 0.25) is 39.3 Å². The molecule has 0 saturated heterocycles. The summed E-state index contributed by atoms with van der Waals surface area (Å²) in [6, 6.07) is 26.4. The zero-order valence-corrected chi connectivity index (χ0v) is 24.2. The third-order valence-corrected chi connectivity index (χ3v) is 9.08. The average Bonchev–Trinajstić information content (AvgIpc) is 3.19. The fraction of sp³-hybridized carbons (Fsp3) is 0.250. The Balaban J connectivity index is 0.000000490. The zero-order valence-electron chi connectivity index (χ0n) is 18.2. The Hall–Kier alpha value is -0.443. The van der Waals surface area contributed by atoms with Crippen LogP contribution < -0.4 is 35.2 Å². The maximum absolute atomic E-state index is 2.40. The smallest absolute Gasteiger partial charge is 1.00 e. The Labute approximate surface area is 209 Å². The molecule has 0 nitrogen and oxygen atoms in total. The first kappa shape index (κ1) is 28.6. The van der Waals surface area contributed by atoms with Gasteiger partial charge in [0.1, 0.15) is 0 Å². The first-order valence-corrected chi connectivity index (χ1v) is 16.5. The molecule has 29 heavy (non-hydrogen) atoms. The van der Waals surface area contributed by atoms with E-state index >= 15 is 0 Å². The van der Waals surface area contributed by atoms with Crippen molar-refractivity contribution in [3.8, 4) is 0 Å². The number of rotatable bonds is 2. The molecule has 152 valence electrons. The number of hydrogen-bond donors (Lipinski definition) is 0. The molecule has 0 saturated carbocycles. The fourth-order valence-corrected chi connectivity index (χ4v) is 6.85. The zero-order chi connectivity index (χ0) is 18.9. The second kappa shape index (κ2) is 11.3. The molecule has 0 radical (unpaired) electrons. The van der Waals surface area contributed by atoms with E-state index in [0.717, 1.165) is 0 Å². The third-order valence-electron chi connectivity index (χ3n) is 4.98. The average molecular weight is 537 g/mol. The summed E-state index contributed by atoms with van der Waals surface area (Å²) >= 11 is 0. The van der Waals surface area contributed by atoms with Gasteiger partial charge in [0.15, 0.2) is 0 Å². The summed E-state index contributed by atoms with van der Waals surface area (Å²) in [4.78, 5) is 0. The first-order valence-electron chi connectivity index (χ1n) is 9.48. The van der Waals surface area contributed by atoms with Gasteiger partial charge in [0, 0.05) is 16.1 Å². The summed E-state index contributed by atoms with van der Waals surface area (Å²) in [5.74, 6) is 0. The van der Waals surface area contributed by atoms with E-state index in [4.69, 9.17) is 0 Å². The SMILES string of the molecule is C[Si](C)(C)c1c[cH-]c2ccccc12.C[Si](C)(C)c1c[cH-]c2ccccc12.[Cl-].[Cl-].[Zr+4]. The van der Waals surface area contributed by atoms with Crippen LogP contribution >= 0.6 is 0 Å². The van der Waals surface area contributed by atoms with Crippen molar-refractivity contribution < 1.29 is 51.0 Å². The fourth-order valence-electron chi connectivity index (χ4n) is 3.61. The Kier molecular flexibility index (Phi) is 11.1. The van der Waals surface area contributed by atoms with Crippen molar-refractivity contribution in [2.24, 2.45) is 0 Å². The van der Waals surface area contributed by atoms with Gasteiger partial charge in [0.25, 0.3) is 0 Å². The largest absolute Gasteiger partial charge is 4.00 e. The van der Waals surface area contributed by atoms with Gasteiger partial charge in [-0.1, -0.05) is 51.4 Å². The minimum Gasteiger partial charge on any atom is -1.00 e.